The van der Waals surface area contributed by atoms with Gasteiger partial charge in [0, 0.05) is 17.0 Å². The summed E-state index contributed by atoms with van der Waals surface area (Å²) in [7, 11) is 0. The summed E-state index contributed by atoms with van der Waals surface area (Å²) >= 11 is 0. The van der Waals surface area contributed by atoms with Gasteiger partial charge in [-0.1, -0.05) is 102 Å². The molecular weight excluding hydrogens is 378 g/mol. The largest absolute Gasteiger partial charge is 0.392 e. The van der Waals surface area contributed by atoms with Gasteiger partial charge in [0.25, 0.3) is 0 Å². The molecule has 0 spiro atoms. The molecule has 3 rings (SSSR count). The Morgan fingerprint density at radius 1 is 0.710 bits per heavy atom. The minimum atomic E-state index is 0.0233. The molecule has 0 aliphatic heterocycles. The molecule has 0 unspecified atom stereocenters. The fraction of sp³-hybridized carbons (Fsp3) is 0.414. The van der Waals surface area contributed by atoms with Gasteiger partial charge in [0.2, 0.25) is 0 Å². The topological polar surface area (TPSA) is 33.1 Å². The SMILES string of the molecule is CCCCCc1c(C(C)C)nc(C(C)C)c(CO)c1-c1ccc(-c2ccccc2)cc1. The summed E-state index contributed by atoms with van der Waals surface area (Å²) in [5.41, 5.74) is 9.38. The maximum absolute atomic E-state index is 10.4. The van der Waals surface area contributed by atoms with Crippen LogP contribution in [-0.2, 0) is 13.0 Å². The monoisotopic (exact) mass is 415 g/mol. The van der Waals surface area contributed by atoms with Crippen LogP contribution in [0.4, 0.5) is 0 Å². The van der Waals surface area contributed by atoms with Crippen molar-refractivity contribution in [3.63, 3.8) is 0 Å². The normalized spacial score (nSPS) is 11.5. The quantitative estimate of drug-likeness (QED) is 0.360. The van der Waals surface area contributed by atoms with E-state index in [2.05, 4.69) is 83.1 Å². The zero-order valence-corrected chi connectivity index (χ0v) is 19.8. The fourth-order valence-corrected chi connectivity index (χ4v) is 4.43. The Morgan fingerprint density at radius 2 is 1.26 bits per heavy atom. The molecule has 1 N–H and O–H groups in total. The number of rotatable bonds is 9. The number of hydrogen-bond acceptors (Lipinski definition) is 2. The first-order chi connectivity index (χ1) is 15.0. The first-order valence-electron chi connectivity index (χ1n) is 11.8. The minimum absolute atomic E-state index is 0.0233. The fourth-order valence-electron chi connectivity index (χ4n) is 4.43. The number of unbranched alkanes of at least 4 members (excludes halogenated alkanes) is 2. The highest BCUT2D eigenvalue weighted by Crippen LogP contribution is 2.38. The Kier molecular flexibility index (Phi) is 8.03. The molecule has 1 heterocycles. The third kappa shape index (κ3) is 5.25. The molecular formula is C29H37NO. The van der Waals surface area contributed by atoms with E-state index in [1.165, 1.54) is 46.4 Å². The number of aliphatic hydroxyl groups excluding tert-OH is 1. The predicted molar refractivity (Wildman–Crippen MR) is 132 cm³/mol. The summed E-state index contributed by atoms with van der Waals surface area (Å²) in [4.78, 5) is 5.11. The second-order valence-electron chi connectivity index (χ2n) is 9.08. The molecule has 0 saturated heterocycles. The van der Waals surface area contributed by atoms with Crippen molar-refractivity contribution >= 4 is 0 Å². The Hall–Kier alpha value is -2.45. The van der Waals surface area contributed by atoms with Gasteiger partial charge in [0.05, 0.1) is 6.61 Å². The van der Waals surface area contributed by atoms with Crippen LogP contribution in [0.25, 0.3) is 22.3 Å². The van der Waals surface area contributed by atoms with Crippen molar-refractivity contribution in [1.82, 2.24) is 4.98 Å². The highest BCUT2D eigenvalue weighted by molar-refractivity contribution is 5.76. The summed E-state index contributed by atoms with van der Waals surface area (Å²) in [6.45, 7) is 11.1. The van der Waals surface area contributed by atoms with Gasteiger partial charge in [-0.25, -0.2) is 0 Å². The zero-order chi connectivity index (χ0) is 22.4. The number of aliphatic hydroxyl groups is 1. The molecule has 2 nitrogen and oxygen atoms in total. The average molecular weight is 416 g/mol. The molecule has 1 aromatic heterocycles. The third-order valence-corrected chi connectivity index (χ3v) is 6.03. The van der Waals surface area contributed by atoms with Crippen molar-refractivity contribution in [1.29, 1.82) is 0 Å². The zero-order valence-electron chi connectivity index (χ0n) is 19.8. The van der Waals surface area contributed by atoms with Crippen molar-refractivity contribution in [2.24, 2.45) is 0 Å². The lowest BCUT2D eigenvalue weighted by atomic mass is 9.85. The summed E-state index contributed by atoms with van der Waals surface area (Å²) in [5, 5.41) is 10.4. The van der Waals surface area contributed by atoms with E-state index >= 15 is 0 Å². The Morgan fingerprint density at radius 3 is 1.81 bits per heavy atom. The first kappa shape index (κ1) is 23.2. The van der Waals surface area contributed by atoms with Crippen LogP contribution in [0.2, 0.25) is 0 Å². The van der Waals surface area contributed by atoms with Crippen LogP contribution >= 0.6 is 0 Å². The smallest absolute Gasteiger partial charge is 0.0705 e. The Labute approximate surface area is 188 Å². The molecule has 2 aromatic carbocycles. The van der Waals surface area contributed by atoms with Crippen LogP contribution in [0.1, 0.15) is 88.2 Å². The minimum Gasteiger partial charge on any atom is -0.392 e. The maximum atomic E-state index is 10.4. The van der Waals surface area contributed by atoms with Gasteiger partial charge >= 0.3 is 0 Å². The van der Waals surface area contributed by atoms with Crippen LogP contribution in [-0.4, -0.2) is 10.1 Å². The van der Waals surface area contributed by atoms with Crippen LogP contribution in [0.5, 0.6) is 0 Å². The second kappa shape index (κ2) is 10.7. The van der Waals surface area contributed by atoms with E-state index in [4.69, 9.17) is 4.98 Å². The van der Waals surface area contributed by atoms with Gasteiger partial charge < -0.3 is 5.11 Å². The van der Waals surface area contributed by atoms with E-state index in [9.17, 15) is 5.11 Å². The number of benzene rings is 2. The highest BCUT2D eigenvalue weighted by atomic mass is 16.3. The summed E-state index contributed by atoms with van der Waals surface area (Å²) in [6, 6.07) is 19.3. The molecule has 0 atom stereocenters. The van der Waals surface area contributed by atoms with Crippen LogP contribution in [0, 0.1) is 0 Å². The summed E-state index contributed by atoms with van der Waals surface area (Å²) < 4.78 is 0. The molecule has 0 amide bonds. The van der Waals surface area contributed by atoms with Gasteiger partial charge in [0.1, 0.15) is 0 Å². The lowest BCUT2D eigenvalue weighted by Gasteiger charge is -2.24. The molecule has 0 aliphatic carbocycles. The van der Waals surface area contributed by atoms with E-state index in [-0.39, 0.29) is 12.5 Å². The first-order valence-corrected chi connectivity index (χ1v) is 11.8. The van der Waals surface area contributed by atoms with Gasteiger partial charge in [-0.2, -0.15) is 0 Å². The average Bonchev–Trinajstić information content (AvgIpc) is 2.79. The van der Waals surface area contributed by atoms with Crippen molar-refractivity contribution < 1.29 is 5.11 Å². The summed E-state index contributed by atoms with van der Waals surface area (Å²) in [6.07, 6.45) is 4.57. The third-order valence-electron chi connectivity index (χ3n) is 6.03. The highest BCUT2D eigenvalue weighted by Gasteiger charge is 2.23. The molecule has 164 valence electrons. The van der Waals surface area contributed by atoms with E-state index in [0.717, 1.165) is 24.1 Å². The maximum Gasteiger partial charge on any atom is 0.0705 e. The summed E-state index contributed by atoms with van der Waals surface area (Å²) in [5.74, 6) is 0.621. The van der Waals surface area contributed by atoms with Crippen LogP contribution < -0.4 is 0 Å². The van der Waals surface area contributed by atoms with Crippen LogP contribution in [0.3, 0.4) is 0 Å². The molecule has 0 radical (unpaired) electrons. The lowest BCUT2D eigenvalue weighted by molar-refractivity contribution is 0.279. The predicted octanol–water partition coefficient (Wildman–Crippen LogP) is 7.89. The van der Waals surface area contributed by atoms with Crippen LogP contribution in [0.15, 0.2) is 54.6 Å². The van der Waals surface area contributed by atoms with Gasteiger partial charge in [-0.3, -0.25) is 4.98 Å². The molecule has 0 aliphatic rings. The number of nitrogens with zero attached hydrogens (tertiary/aromatic N) is 1. The van der Waals surface area contributed by atoms with Crippen molar-refractivity contribution in [3.05, 3.63) is 77.1 Å². The number of aromatic nitrogens is 1. The van der Waals surface area contributed by atoms with Crippen molar-refractivity contribution in [2.45, 2.75) is 78.7 Å². The molecule has 2 heteroatoms. The van der Waals surface area contributed by atoms with Gasteiger partial charge in [-0.15, -0.1) is 0 Å². The Bertz CT molecular complexity index is 972. The second-order valence-corrected chi connectivity index (χ2v) is 9.08. The number of pyridine rings is 1. The van der Waals surface area contributed by atoms with E-state index < -0.39 is 0 Å². The van der Waals surface area contributed by atoms with Crippen molar-refractivity contribution in [3.8, 4) is 22.3 Å². The van der Waals surface area contributed by atoms with E-state index in [0.29, 0.717) is 5.92 Å². The van der Waals surface area contributed by atoms with Gasteiger partial charge in [0.15, 0.2) is 0 Å². The molecule has 0 saturated carbocycles. The van der Waals surface area contributed by atoms with E-state index in [1.54, 1.807) is 0 Å². The standard InChI is InChI=1S/C29H37NO/c1-6-7-9-14-25-27(26(19-31)29(21(4)5)30-28(25)20(2)3)24-17-15-23(16-18-24)22-12-10-8-11-13-22/h8,10-13,15-18,20-21,31H,6-7,9,14,19H2,1-5H3. The lowest BCUT2D eigenvalue weighted by Crippen LogP contribution is -2.12. The van der Waals surface area contributed by atoms with E-state index in [1.807, 2.05) is 6.07 Å². The van der Waals surface area contributed by atoms with Gasteiger partial charge in [-0.05, 0) is 52.5 Å². The van der Waals surface area contributed by atoms with Crippen molar-refractivity contribution in [2.75, 3.05) is 0 Å². The Balaban J connectivity index is 2.19. The number of hydrogen-bond donors (Lipinski definition) is 1. The molecule has 0 bridgehead atoms. The molecule has 0 fully saturated rings. The molecule has 3 aromatic rings. The molecule has 31 heavy (non-hydrogen) atoms.